The Hall–Kier alpha value is -3.70. The Labute approximate surface area is 210 Å². The first-order valence-electron chi connectivity index (χ1n) is 11.5. The maximum absolute atomic E-state index is 13.8. The summed E-state index contributed by atoms with van der Waals surface area (Å²) in [6.45, 7) is 0.647. The summed E-state index contributed by atoms with van der Waals surface area (Å²) in [5.74, 6) is -0.472. The van der Waals surface area contributed by atoms with Crippen LogP contribution in [0.1, 0.15) is 29.3 Å². The molecule has 1 unspecified atom stereocenters. The first-order valence-corrected chi connectivity index (χ1v) is 13.1. The number of aromatic nitrogens is 1. The lowest BCUT2D eigenvalue weighted by atomic mass is 10.1. The van der Waals surface area contributed by atoms with Gasteiger partial charge in [0, 0.05) is 23.2 Å². The average Bonchev–Trinajstić information content (AvgIpc) is 3.57. The molecule has 11 heteroatoms. The van der Waals surface area contributed by atoms with Crippen LogP contribution < -0.4 is 10.6 Å². The second-order valence-electron chi connectivity index (χ2n) is 8.74. The van der Waals surface area contributed by atoms with Crippen LogP contribution in [0.5, 0.6) is 0 Å². The molecule has 4 aromatic rings. The van der Waals surface area contributed by atoms with Crippen LogP contribution in [0.15, 0.2) is 82.4 Å². The number of carbonyl (C=O) groups excluding carboxylic acids is 1. The van der Waals surface area contributed by atoms with Gasteiger partial charge in [0.1, 0.15) is 5.58 Å². The molecule has 7 nitrogen and oxygen atoms in total. The average molecular weight is 530 g/mol. The number of sulfone groups is 1. The van der Waals surface area contributed by atoms with Crippen LogP contribution in [-0.2, 0) is 20.8 Å². The van der Waals surface area contributed by atoms with Gasteiger partial charge in [0.15, 0.2) is 5.37 Å². The normalized spacial score (nSPS) is 17.1. The Morgan fingerprint density at radius 2 is 1.89 bits per heavy atom. The van der Waals surface area contributed by atoms with Crippen molar-refractivity contribution in [2.45, 2.75) is 35.5 Å². The topological polar surface area (TPSA) is 101 Å². The Morgan fingerprint density at radius 3 is 2.57 bits per heavy atom. The Bertz CT molecular complexity index is 1510. The maximum atomic E-state index is 13.8. The molecule has 2 aromatic heterocycles. The zero-order valence-corrected chi connectivity index (χ0v) is 20.1. The van der Waals surface area contributed by atoms with Gasteiger partial charge in [0.05, 0.1) is 17.3 Å². The molecule has 5 rings (SSSR count). The summed E-state index contributed by atoms with van der Waals surface area (Å²) in [6.07, 6.45) is -2.46. The van der Waals surface area contributed by atoms with Crippen molar-refractivity contribution in [3.63, 3.8) is 0 Å². The minimum atomic E-state index is -4.53. The highest BCUT2D eigenvalue weighted by Gasteiger charge is 2.36. The van der Waals surface area contributed by atoms with Crippen LogP contribution in [0.3, 0.4) is 0 Å². The summed E-state index contributed by atoms with van der Waals surface area (Å²) in [5, 5.41) is 4.47. The number of furan rings is 1. The number of para-hydroxylation sites is 1. The Morgan fingerprint density at radius 1 is 1.08 bits per heavy atom. The molecule has 0 spiro atoms. The number of hydrogen-bond donors (Lipinski definition) is 2. The summed E-state index contributed by atoms with van der Waals surface area (Å²) in [5.41, 5.74) is 0.314. The largest absolute Gasteiger partial charge is 0.445 e. The van der Waals surface area contributed by atoms with Crippen molar-refractivity contribution in [3.8, 4) is 11.3 Å². The second-order valence-corrected chi connectivity index (χ2v) is 10.7. The highest BCUT2D eigenvalue weighted by molar-refractivity contribution is 7.91. The SMILES string of the molecule is O=C(N[C@H](c1cccc(-c2ccc(C(F)(F)F)cn2)c1)S(=O)(=O)c1cc2ccccc2o1)C1CCCN1. The number of hydrogen-bond acceptors (Lipinski definition) is 6. The number of carbonyl (C=O) groups is 1. The second kappa shape index (κ2) is 9.64. The van der Waals surface area contributed by atoms with Gasteiger partial charge in [-0.15, -0.1) is 0 Å². The van der Waals surface area contributed by atoms with E-state index in [1.807, 2.05) is 0 Å². The fourth-order valence-electron chi connectivity index (χ4n) is 4.29. The van der Waals surface area contributed by atoms with Crippen LogP contribution in [-0.4, -0.2) is 31.9 Å². The molecule has 1 amide bonds. The first kappa shape index (κ1) is 25.0. The van der Waals surface area contributed by atoms with Crippen molar-refractivity contribution < 1.29 is 30.8 Å². The number of nitrogens with one attached hydrogen (secondary N) is 2. The van der Waals surface area contributed by atoms with Gasteiger partial charge in [-0.1, -0.05) is 36.4 Å². The van der Waals surface area contributed by atoms with Crippen LogP contribution in [0.25, 0.3) is 22.2 Å². The maximum Gasteiger partial charge on any atom is 0.417 e. The molecular weight excluding hydrogens is 507 g/mol. The summed E-state index contributed by atoms with van der Waals surface area (Å²) < 4.78 is 72.1. The molecule has 2 N–H and O–H groups in total. The third-order valence-electron chi connectivity index (χ3n) is 6.22. The van der Waals surface area contributed by atoms with E-state index in [1.54, 1.807) is 36.4 Å². The van der Waals surface area contributed by atoms with E-state index in [-0.39, 0.29) is 16.3 Å². The van der Waals surface area contributed by atoms with Crippen molar-refractivity contribution in [2.75, 3.05) is 6.54 Å². The van der Waals surface area contributed by atoms with Gasteiger partial charge in [-0.2, -0.15) is 13.2 Å². The minimum Gasteiger partial charge on any atom is -0.445 e. The zero-order chi connectivity index (χ0) is 26.2. The lowest BCUT2D eigenvalue weighted by molar-refractivity contribution is -0.137. The van der Waals surface area contributed by atoms with Crippen LogP contribution in [0, 0.1) is 0 Å². The number of amides is 1. The zero-order valence-electron chi connectivity index (χ0n) is 19.3. The number of alkyl halides is 3. The van der Waals surface area contributed by atoms with Gasteiger partial charge in [0.2, 0.25) is 20.8 Å². The summed E-state index contributed by atoms with van der Waals surface area (Å²) >= 11 is 0. The highest BCUT2D eigenvalue weighted by atomic mass is 32.2. The van der Waals surface area contributed by atoms with Gasteiger partial charge in [0.25, 0.3) is 0 Å². The number of rotatable bonds is 6. The van der Waals surface area contributed by atoms with E-state index in [0.717, 1.165) is 18.7 Å². The van der Waals surface area contributed by atoms with E-state index < -0.39 is 38.9 Å². The monoisotopic (exact) mass is 529 g/mol. The molecule has 3 heterocycles. The van der Waals surface area contributed by atoms with Gasteiger partial charge in [-0.05, 0) is 49.2 Å². The van der Waals surface area contributed by atoms with Crippen LogP contribution in [0.2, 0.25) is 0 Å². The predicted molar refractivity (Wildman–Crippen MR) is 130 cm³/mol. The predicted octanol–water partition coefficient (Wildman–Crippen LogP) is 4.85. The molecular formula is C26H22F3N3O4S. The molecule has 2 aromatic carbocycles. The van der Waals surface area contributed by atoms with Crippen LogP contribution >= 0.6 is 0 Å². The molecule has 1 fully saturated rings. The first-order chi connectivity index (χ1) is 17.6. The van der Waals surface area contributed by atoms with E-state index in [9.17, 15) is 26.4 Å². The van der Waals surface area contributed by atoms with E-state index in [1.165, 1.54) is 24.3 Å². The molecule has 192 valence electrons. The van der Waals surface area contributed by atoms with Gasteiger partial charge in [-0.25, -0.2) is 8.42 Å². The van der Waals surface area contributed by atoms with Crippen molar-refractivity contribution in [1.29, 1.82) is 0 Å². The van der Waals surface area contributed by atoms with E-state index >= 15 is 0 Å². The van der Waals surface area contributed by atoms with Crippen molar-refractivity contribution in [1.82, 2.24) is 15.6 Å². The van der Waals surface area contributed by atoms with E-state index in [2.05, 4.69) is 15.6 Å². The fourth-order valence-corrected chi connectivity index (χ4v) is 5.79. The van der Waals surface area contributed by atoms with Crippen molar-refractivity contribution in [2.24, 2.45) is 0 Å². The molecule has 0 saturated carbocycles. The summed E-state index contributed by atoms with van der Waals surface area (Å²) in [7, 11) is -4.26. The highest BCUT2D eigenvalue weighted by Crippen LogP contribution is 2.34. The molecule has 1 aliphatic heterocycles. The third kappa shape index (κ3) is 5.09. The van der Waals surface area contributed by atoms with E-state index in [4.69, 9.17) is 4.42 Å². The summed E-state index contributed by atoms with van der Waals surface area (Å²) in [6, 6.07) is 16.0. The number of halogens is 3. The number of nitrogens with zero attached hydrogens (tertiary/aromatic N) is 1. The van der Waals surface area contributed by atoms with Gasteiger partial charge >= 0.3 is 6.18 Å². The third-order valence-corrected chi connectivity index (χ3v) is 7.99. The number of pyridine rings is 1. The Balaban J connectivity index is 1.55. The van der Waals surface area contributed by atoms with Crippen molar-refractivity contribution in [3.05, 3.63) is 84.1 Å². The Kier molecular flexibility index (Phi) is 6.50. The van der Waals surface area contributed by atoms with Crippen molar-refractivity contribution >= 4 is 26.7 Å². The quantitative estimate of drug-likeness (QED) is 0.370. The minimum absolute atomic E-state index is 0.214. The summed E-state index contributed by atoms with van der Waals surface area (Å²) in [4.78, 5) is 16.9. The molecule has 0 bridgehead atoms. The number of fused-ring (bicyclic) bond motifs is 1. The fraction of sp³-hybridized carbons (Fsp3) is 0.231. The van der Waals surface area contributed by atoms with Gasteiger partial charge < -0.3 is 15.1 Å². The lowest BCUT2D eigenvalue weighted by Gasteiger charge is -2.21. The molecule has 2 atom stereocenters. The molecule has 1 saturated heterocycles. The lowest BCUT2D eigenvalue weighted by Crippen LogP contribution is -2.44. The molecule has 0 radical (unpaired) electrons. The molecule has 0 aliphatic carbocycles. The smallest absolute Gasteiger partial charge is 0.417 e. The van der Waals surface area contributed by atoms with E-state index in [0.29, 0.717) is 29.5 Å². The number of benzene rings is 2. The molecule has 1 aliphatic rings. The van der Waals surface area contributed by atoms with Crippen LogP contribution in [0.4, 0.5) is 13.2 Å². The standard InChI is InChI=1S/C26H22F3N3O4S/c27-26(28,29)19-10-11-20(31-15-19)16-6-3-7-18(13-16)25(32-24(33)21-8-4-12-30-21)37(34,35)23-14-17-5-1-2-9-22(17)36-23/h1-3,5-7,9-11,13-15,21,25,30H,4,8,12H2,(H,32,33)/t21?,25-/m0/s1. The molecule has 37 heavy (non-hydrogen) atoms. The van der Waals surface area contributed by atoms with Gasteiger partial charge in [-0.3, -0.25) is 9.78 Å².